The average molecular weight is 387 g/mol. The van der Waals surface area contributed by atoms with Crippen molar-refractivity contribution in [2.45, 2.75) is 6.92 Å². The van der Waals surface area contributed by atoms with Gasteiger partial charge < -0.3 is 16.0 Å². The van der Waals surface area contributed by atoms with Gasteiger partial charge in [0.05, 0.1) is 0 Å². The van der Waals surface area contributed by atoms with Crippen LogP contribution in [0.2, 0.25) is 0 Å². The molecule has 0 saturated carbocycles. The number of carbonyl (C=O) groups excluding carboxylic acids is 2. The minimum atomic E-state index is -0.232. The molecule has 0 aliphatic heterocycles. The van der Waals surface area contributed by atoms with Gasteiger partial charge in [-0.1, -0.05) is 43.5 Å². The Balaban J connectivity index is 2.03. The van der Waals surface area contributed by atoms with Crippen molar-refractivity contribution in [2.24, 2.45) is 0 Å². The molecule has 2 aromatic carbocycles. The third kappa shape index (κ3) is 6.36. The Morgan fingerprint density at radius 1 is 0.931 bits per heavy atom. The van der Waals surface area contributed by atoms with Crippen molar-refractivity contribution in [1.29, 1.82) is 0 Å². The molecule has 0 aliphatic carbocycles. The van der Waals surface area contributed by atoms with Gasteiger partial charge in [-0.15, -0.1) is 0 Å². The summed E-state index contributed by atoms with van der Waals surface area (Å²) in [5, 5.41) is 8.62. The van der Waals surface area contributed by atoms with Gasteiger partial charge in [-0.3, -0.25) is 9.59 Å². The van der Waals surface area contributed by atoms with E-state index in [1.165, 1.54) is 0 Å². The van der Waals surface area contributed by atoms with Crippen molar-refractivity contribution in [3.05, 3.63) is 108 Å². The van der Waals surface area contributed by atoms with Gasteiger partial charge in [-0.05, 0) is 55.0 Å². The molecule has 0 fully saturated rings. The zero-order valence-electron chi connectivity index (χ0n) is 16.7. The van der Waals surface area contributed by atoms with E-state index in [4.69, 9.17) is 0 Å². The van der Waals surface area contributed by atoms with Gasteiger partial charge >= 0.3 is 0 Å². The van der Waals surface area contributed by atoms with Gasteiger partial charge in [0.25, 0.3) is 11.8 Å². The Kier molecular flexibility index (Phi) is 7.74. The molecule has 0 saturated heterocycles. The number of hydrogen-bond donors (Lipinski definition) is 3. The number of likely N-dealkylation sites (N-methyl/N-ethyl adjacent to an activating group) is 1. The van der Waals surface area contributed by atoms with E-state index in [1.54, 1.807) is 68.6 Å². The van der Waals surface area contributed by atoms with Gasteiger partial charge in [0.2, 0.25) is 0 Å². The van der Waals surface area contributed by atoms with E-state index in [9.17, 15) is 9.59 Å². The lowest BCUT2D eigenvalue weighted by Crippen LogP contribution is -2.14. The van der Waals surface area contributed by atoms with Crippen molar-refractivity contribution < 1.29 is 9.59 Å². The highest BCUT2D eigenvalue weighted by Crippen LogP contribution is 2.16. The first-order chi connectivity index (χ1) is 13.9. The van der Waals surface area contributed by atoms with Crippen LogP contribution in [0.1, 0.15) is 17.3 Å². The van der Waals surface area contributed by atoms with Crippen LogP contribution in [0.15, 0.2) is 103 Å². The van der Waals surface area contributed by atoms with Crippen LogP contribution < -0.4 is 16.0 Å². The molecule has 5 nitrogen and oxygen atoms in total. The third-order valence-corrected chi connectivity index (χ3v) is 4.11. The quantitative estimate of drug-likeness (QED) is 0.455. The highest BCUT2D eigenvalue weighted by molar-refractivity contribution is 6.05. The molecule has 29 heavy (non-hydrogen) atoms. The second-order valence-electron chi connectivity index (χ2n) is 6.27. The predicted molar refractivity (Wildman–Crippen MR) is 120 cm³/mol. The van der Waals surface area contributed by atoms with Crippen LogP contribution in [0, 0.1) is 0 Å². The second-order valence-corrected chi connectivity index (χ2v) is 6.27. The second kappa shape index (κ2) is 10.5. The van der Waals surface area contributed by atoms with Crippen LogP contribution in [0.4, 0.5) is 11.4 Å². The molecule has 0 aliphatic rings. The van der Waals surface area contributed by atoms with Gasteiger partial charge in [0.1, 0.15) is 0 Å². The Morgan fingerprint density at radius 3 is 2.07 bits per heavy atom. The van der Waals surface area contributed by atoms with Gasteiger partial charge in [0.15, 0.2) is 0 Å². The largest absolute Gasteiger partial charge is 0.388 e. The van der Waals surface area contributed by atoms with E-state index in [1.807, 2.05) is 18.2 Å². The molecular formula is C24H25N3O2. The summed E-state index contributed by atoms with van der Waals surface area (Å²) in [5.74, 6) is -0.419. The van der Waals surface area contributed by atoms with Crippen LogP contribution in [0.5, 0.6) is 0 Å². The minimum absolute atomic E-state index is 0.188. The maximum atomic E-state index is 12.5. The van der Waals surface area contributed by atoms with Crippen molar-refractivity contribution in [2.75, 3.05) is 17.7 Å². The highest BCUT2D eigenvalue weighted by Gasteiger charge is 2.08. The average Bonchev–Trinajstić information content (AvgIpc) is 2.74. The summed E-state index contributed by atoms with van der Waals surface area (Å²) in [4.78, 5) is 24.6. The van der Waals surface area contributed by atoms with E-state index in [-0.39, 0.29) is 11.8 Å². The normalized spacial score (nSPS) is 11.4. The number of anilines is 2. The monoisotopic (exact) mass is 387 g/mol. The lowest BCUT2D eigenvalue weighted by molar-refractivity contribution is -0.112. The molecule has 0 radical (unpaired) electrons. The summed E-state index contributed by atoms with van der Waals surface area (Å²) >= 11 is 0. The maximum Gasteiger partial charge on any atom is 0.255 e. The zero-order chi connectivity index (χ0) is 21.2. The van der Waals surface area contributed by atoms with Crippen molar-refractivity contribution in [3.63, 3.8) is 0 Å². The Hall–Kier alpha value is -3.86. The van der Waals surface area contributed by atoms with Gasteiger partial charge in [-0.25, -0.2) is 0 Å². The van der Waals surface area contributed by atoms with E-state index in [2.05, 4.69) is 29.1 Å². The molecule has 0 spiro atoms. The fourth-order valence-corrected chi connectivity index (χ4v) is 2.47. The first-order valence-electron chi connectivity index (χ1n) is 9.10. The lowest BCUT2D eigenvalue weighted by atomic mass is 10.1. The summed E-state index contributed by atoms with van der Waals surface area (Å²) in [5.41, 5.74) is 3.84. The fraction of sp³-hybridized carbons (Fsp3) is 0.0833. The van der Waals surface area contributed by atoms with E-state index in [0.717, 1.165) is 5.57 Å². The topological polar surface area (TPSA) is 70.2 Å². The third-order valence-electron chi connectivity index (χ3n) is 4.11. The van der Waals surface area contributed by atoms with Crippen molar-refractivity contribution in [3.8, 4) is 0 Å². The van der Waals surface area contributed by atoms with Crippen LogP contribution in [0.25, 0.3) is 0 Å². The Labute approximate surface area is 171 Å². The first-order valence-corrected chi connectivity index (χ1v) is 9.10. The minimum Gasteiger partial charge on any atom is -0.388 e. The molecule has 0 heterocycles. The molecule has 0 atom stereocenters. The van der Waals surface area contributed by atoms with Gasteiger partial charge in [-0.2, -0.15) is 0 Å². The Morgan fingerprint density at radius 2 is 1.52 bits per heavy atom. The molecule has 2 amide bonds. The molecule has 0 bridgehead atoms. The summed E-state index contributed by atoms with van der Waals surface area (Å²) in [6.45, 7) is 9.31. The summed E-state index contributed by atoms with van der Waals surface area (Å²) in [6.07, 6.45) is 5.16. The predicted octanol–water partition coefficient (Wildman–Crippen LogP) is 4.67. The molecule has 2 rings (SSSR count). The number of hydrogen-bond acceptors (Lipinski definition) is 3. The fourth-order valence-electron chi connectivity index (χ4n) is 2.47. The van der Waals surface area contributed by atoms with Crippen LogP contribution in [-0.2, 0) is 4.79 Å². The number of benzene rings is 2. The summed E-state index contributed by atoms with van der Waals surface area (Å²) < 4.78 is 0. The van der Waals surface area contributed by atoms with Crippen LogP contribution >= 0.6 is 0 Å². The summed E-state index contributed by atoms with van der Waals surface area (Å²) in [7, 11) is 1.76. The molecule has 0 aromatic heterocycles. The molecular weight excluding hydrogens is 362 g/mol. The smallest absolute Gasteiger partial charge is 0.255 e. The molecule has 2 aromatic rings. The molecule has 3 N–H and O–H groups in total. The maximum absolute atomic E-state index is 12.5. The number of amides is 2. The highest BCUT2D eigenvalue weighted by atomic mass is 16.2. The number of carbonyl (C=O) groups is 2. The van der Waals surface area contributed by atoms with Crippen molar-refractivity contribution in [1.82, 2.24) is 5.32 Å². The van der Waals surface area contributed by atoms with E-state index < -0.39 is 0 Å². The lowest BCUT2D eigenvalue weighted by Gasteiger charge is -2.10. The number of allylic oxidation sites excluding steroid dienone is 3. The Bertz CT molecular complexity index is 955. The SMILES string of the molecule is C=C/C=C(\C=C(/C)C(=O)Nc1ccc(NC(=O)c2ccccc2)cc1)C(=C)NC. The molecule has 5 heteroatoms. The standard InChI is InChI=1S/C24H25N3O2/c1-5-9-20(18(3)25-4)16-17(2)23(28)26-21-12-14-22(15-13-21)27-24(29)19-10-7-6-8-11-19/h5-16,25H,1,3H2,2,4H3,(H,26,28)(H,27,29)/b17-16+,20-9+. The van der Waals surface area contributed by atoms with E-state index in [0.29, 0.717) is 28.2 Å². The first kappa shape index (κ1) is 21.4. The summed E-state index contributed by atoms with van der Waals surface area (Å²) in [6, 6.07) is 15.9. The molecule has 0 unspecified atom stereocenters. The number of rotatable bonds is 8. The van der Waals surface area contributed by atoms with Crippen LogP contribution in [-0.4, -0.2) is 18.9 Å². The molecule has 148 valence electrons. The van der Waals surface area contributed by atoms with Crippen molar-refractivity contribution >= 4 is 23.2 Å². The zero-order valence-corrected chi connectivity index (χ0v) is 16.7. The van der Waals surface area contributed by atoms with Gasteiger partial charge in [0, 0.05) is 35.3 Å². The van der Waals surface area contributed by atoms with E-state index >= 15 is 0 Å². The number of nitrogens with one attached hydrogen (secondary N) is 3. The van der Waals surface area contributed by atoms with Crippen LogP contribution in [0.3, 0.4) is 0 Å².